The molecule has 0 saturated heterocycles. The van der Waals surface area contributed by atoms with Crippen LogP contribution in [0.2, 0.25) is 0 Å². The van der Waals surface area contributed by atoms with Crippen LogP contribution in [0.1, 0.15) is 24.2 Å². The van der Waals surface area contributed by atoms with Crippen molar-refractivity contribution in [2.45, 2.75) is 13.8 Å². The van der Waals surface area contributed by atoms with Crippen molar-refractivity contribution in [2.75, 3.05) is 27.3 Å². The molecule has 0 aliphatic rings. The first kappa shape index (κ1) is 16.8. The maximum atomic E-state index is 12.5. The molecule has 21 heavy (non-hydrogen) atoms. The van der Waals surface area contributed by atoms with Gasteiger partial charge in [0.15, 0.2) is 0 Å². The molecule has 0 aliphatic heterocycles. The Bertz CT molecular complexity index is 491. The fraction of sp³-hybridized carbons (Fsp3) is 0.467. The normalized spacial score (nSPS) is 10.3. The molecule has 0 spiro atoms. The number of carboxylic acids is 1. The molecule has 6 nitrogen and oxygen atoms in total. The van der Waals surface area contributed by atoms with E-state index in [0.29, 0.717) is 23.6 Å². The lowest BCUT2D eigenvalue weighted by Crippen LogP contribution is -2.38. The van der Waals surface area contributed by atoms with E-state index in [-0.39, 0.29) is 18.4 Å². The zero-order valence-corrected chi connectivity index (χ0v) is 12.8. The van der Waals surface area contributed by atoms with Crippen molar-refractivity contribution >= 4 is 11.9 Å². The Labute approximate surface area is 124 Å². The first-order valence-electron chi connectivity index (χ1n) is 6.61. The highest BCUT2D eigenvalue weighted by Crippen LogP contribution is 2.23. The summed E-state index contributed by atoms with van der Waals surface area (Å²) in [5.74, 6) is -0.266. The molecule has 1 rings (SSSR count). The minimum atomic E-state index is -1.04. The lowest BCUT2D eigenvalue weighted by molar-refractivity contribution is -0.137. The third-order valence-electron chi connectivity index (χ3n) is 2.80. The van der Waals surface area contributed by atoms with Crippen LogP contribution in [-0.4, -0.2) is 49.2 Å². The molecule has 1 N–H and O–H groups in total. The van der Waals surface area contributed by atoms with Gasteiger partial charge in [0.25, 0.3) is 5.91 Å². The van der Waals surface area contributed by atoms with Gasteiger partial charge < -0.3 is 19.5 Å². The minimum absolute atomic E-state index is 0.167. The number of carboxylic acid groups (broad SMARTS) is 1. The summed E-state index contributed by atoms with van der Waals surface area (Å²) in [4.78, 5) is 24.7. The Hall–Kier alpha value is -2.24. The van der Waals surface area contributed by atoms with Crippen molar-refractivity contribution in [1.29, 1.82) is 0 Å². The predicted octanol–water partition coefficient (Wildman–Crippen LogP) is 1.89. The Morgan fingerprint density at radius 1 is 1.14 bits per heavy atom. The number of nitrogens with zero attached hydrogens (tertiary/aromatic N) is 1. The Kier molecular flexibility index (Phi) is 6.02. The van der Waals surface area contributed by atoms with E-state index < -0.39 is 5.97 Å². The van der Waals surface area contributed by atoms with Gasteiger partial charge in [-0.2, -0.15) is 0 Å². The number of benzene rings is 1. The summed E-state index contributed by atoms with van der Waals surface area (Å²) in [7, 11) is 2.98. The fourth-order valence-corrected chi connectivity index (χ4v) is 1.94. The van der Waals surface area contributed by atoms with Crippen LogP contribution in [0.4, 0.5) is 0 Å². The molecule has 0 aromatic heterocycles. The minimum Gasteiger partial charge on any atom is -0.497 e. The van der Waals surface area contributed by atoms with Crippen molar-refractivity contribution < 1.29 is 24.2 Å². The Morgan fingerprint density at radius 2 is 1.67 bits per heavy atom. The maximum absolute atomic E-state index is 12.5. The summed E-state index contributed by atoms with van der Waals surface area (Å²) in [6.07, 6.45) is 0. The highest BCUT2D eigenvalue weighted by Gasteiger charge is 2.20. The Morgan fingerprint density at radius 3 is 2.05 bits per heavy atom. The summed E-state index contributed by atoms with van der Waals surface area (Å²) >= 11 is 0. The quantitative estimate of drug-likeness (QED) is 0.831. The summed E-state index contributed by atoms with van der Waals surface area (Å²) < 4.78 is 10.2. The van der Waals surface area contributed by atoms with Crippen molar-refractivity contribution in [3.63, 3.8) is 0 Å². The zero-order chi connectivity index (χ0) is 16.0. The smallest absolute Gasteiger partial charge is 0.323 e. The largest absolute Gasteiger partial charge is 0.497 e. The van der Waals surface area contributed by atoms with Crippen molar-refractivity contribution in [2.24, 2.45) is 5.92 Å². The van der Waals surface area contributed by atoms with Crippen LogP contribution in [0.25, 0.3) is 0 Å². The van der Waals surface area contributed by atoms with E-state index in [1.54, 1.807) is 18.2 Å². The molecule has 6 heteroatoms. The standard InChI is InChI=1S/C15H21NO5/c1-10(2)8-16(9-14(17)18)15(19)11-5-12(20-3)7-13(6-11)21-4/h5-7,10H,8-9H2,1-4H3,(H,17,18). The lowest BCUT2D eigenvalue weighted by atomic mass is 10.1. The number of ether oxygens (including phenoxy) is 2. The van der Waals surface area contributed by atoms with Gasteiger partial charge in [0, 0.05) is 18.2 Å². The number of aliphatic carboxylic acids is 1. The molecule has 1 aromatic carbocycles. The van der Waals surface area contributed by atoms with Gasteiger partial charge >= 0.3 is 5.97 Å². The van der Waals surface area contributed by atoms with E-state index in [0.717, 1.165) is 0 Å². The molecule has 0 aliphatic carbocycles. The monoisotopic (exact) mass is 295 g/mol. The van der Waals surface area contributed by atoms with Crippen molar-refractivity contribution in [1.82, 2.24) is 4.90 Å². The number of amides is 1. The van der Waals surface area contributed by atoms with Gasteiger partial charge in [0.05, 0.1) is 14.2 Å². The van der Waals surface area contributed by atoms with E-state index in [4.69, 9.17) is 14.6 Å². The van der Waals surface area contributed by atoms with E-state index in [1.807, 2.05) is 13.8 Å². The van der Waals surface area contributed by atoms with Gasteiger partial charge in [-0.05, 0) is 18.1 Å². The molecule has 0 unspecified atom stereocenters. The molecule has 1 amide bonds. The van der Waals surface area contributed by atoms with Gasteiger partial charge in [0.2, 0.25) is 0 Å². The number of rotatable bonds is 7. The number of hydrogen-bond donors (Lipinski definition) is 1. The van der Waals surface area contributed by atoms with Crippen LogP contribution in [0.5, 0.6) is 11.5 Å². The first-order chi connectivity index (χ1) is 9.87. The third kappa shape index (κ3) is 4.98. The molecule has 0 bridgehead atoms. The van der Waals surface area contributed by atoms with Crippen LogP contribution in [0.3, 0.4) is 0 Å². The Balaban J connectivity index is 3.09. The highest BCUT2D eigenvalue weighted by atomic mass is 16.5. The van der Waals surface area contributed by atoms with E-state index in [1.165, 1.54) is 19.1 Å². The topological polar surface area (TPSA) is 76.1 Å². The molecule has 0 atom stereocenters. The second-order valence-corrected chi connectivity index (χ2v) is 5.07. The second kappa shape index (κ2) is 7.52. The summed E-state index contributed by atoms with van der Waals surface area (Å²) in [5, 5.41) is 8.95. The van der Waals surface area contributed by atoms with E-state index in [2.05, 4.69) is 0 Å². The summed E-state index contributed by atoms with van der Waals surface area (Å²) in [6, 6.07) is 4.79. The molecule has 0 fully saturated rings. The van der Waals surface area contributed by atoms with Gasteiger partial charge in [-0.15, -0.1) is 0 Å². The maximum Gasteiger partial charge on any atom is 0.323 e. The van der Waals surface area contributed by atoms with Crippen LogP contribution in [-0.2, 0) is 4.79 Å². The van der Waals surface area contributed by atoms with Gasteiger partial charge in [-0.1, -0.05) is 13.8 Å². The van der Waals surface area contributed by atoms with E-state index >= 15 is 0 Å². The molecule has 0 saturated carbocycles. The second-order valence-electron chi connectivity index (χ2n) is 5.07. The van der Waals surface area contributed by atoms with Gasteiger partial charge in [-0.25, -0.2) is 0 Å². The van der Waals surface area contributed by atoms with Gasteiger partial charge in [-0.3, -0.25) is 9.59 Å². The predicted molar refractivity (Wildman–Crippen MR) is 77.9 cm³/mol. The number of carbonyl (C=O) groups excluding carboxylic acids is 1. The average Bonchev–Trinajstić information content (AvgIpc) is 2.44. The van der Waals surface area contributed by atoms with Crippen molar-refractivity contribution in [3.05, 3.63) is 23.8 Å². The molecule has 116 valence electrons. The molecule has 0 heterocycles. The lowest BCUT2D eigenvalue weighted by Gasteiger charge is -2.23. The highest BCUT2D eigenvalue weighted by molar-refractivity contribution is 5.96. The third-order valence-corrected chi connectivity index (χ3v) is 2.80. The van der Waals surface area contributed by atoms with Gasteiger partial charge in [0.1, 0.15) is 18.0 Å². The van der Waals surface area contributed by atoms with Crippen LogP contribution >= 0.6 is 0 Å². The van der Waals surface area contributed by atoms with Crippen LogP contribution in [0, 0.1) is 5.92 Å². The van der Waals surface area contributed by atoms with Crippen molar-refractivity contribution in [3.8, 4) is 11.5 Å². The number of hydrogen-bond acceptors (Lipinski definition) is 4. The van der Waals surface area contributed by atoms with Crippen LogP contribution < -0.4 is 9.47 Å². The fourth-order valence-electron chi connectivity index (χ4n) is 1.94. The first-order valence-corrected chi connectivity index (χ1v) is 6.61. The number of carbonyl (C=O) groups is 2. The average molecular weight is 295 g/mol. The molecule has 0 radical (unpaired) electrons. The summed E-state index contributed by atoms with van der Waals surface area (Å²) in [6.45, 7) is 3.88. The number of methoxy groups -OCH3 is 2. The molecular weight excluding hydrogens is 274 g/mol. The summed E-state index contributed by atoms with van der Waals surface area (Å²) in [5.41, 5.74) is 0.341. The molecule has 1 aromatic rings. The molecular formula is C15H21NO5. The van der Waals surface area contributed by atoms with Crippen LogP contribution in [0.15, 0.2) is 18.2 Å². The zero-order valence-electron chi connectivity index (χ0n) is 12.8. The SMILES string of the molecule is COc1cc(OC)cc(C(=O)N(CC(=O)O)CC(C)C)c1. The van der Waals surface area contributed by atoms with E-state index in [9.17, 15) is 9.59 Å².